The van der Waals surface area contributed by atoms with E-state index in [1.165, 1.54) is 6.92 Å². The van der Waals surface area contributed by atoms with E-state index < -0.39 is 120 Å². The minimum atomic E-state index is -1.59. The van der Waals surface area contributed by atoms with Crippen LogP contribution in [0.3, 0.4) is 0 Å². The van der Waals surface area contributed by atoms with Crippen LogP contribution in [-0.2, 0) is 44.8 Å². The number of hydrogen-bond acceptors (Lipinski definition) is 10. The Kier molecular flexibility index (Phi) is 22.5. The maximum atomic E-state index is 13.9. The molecule has 18 heteroatoms. The van der Waals surface area contributed by atoms with Crippen molar-refractivity contribution in [2.75, 3.05) is 6.54 Å². The molecule has 0 bridgehead atoms. The molecule has 0 heterocycles. The van der Waals surface area contributed by atoms with Crippen molar-refractivity contribution in [3.63, 3.8) is 0 Å². The molecule has 1 aromatic rings. The van der Waals surface area contributed by atoms with Crippen molar-refractivity contribution in [3.8, 4) is 0 Å². The Labute approximate surface area is 354 Å². The van der Waals surface area contributed by atoms with E-state index in [2.05, 4.69) is 37.2 Å². The summed E-state index contributed by atoms with van der Waals surface area (Å²) in [7, 11) is 0. The highest BCUT2D eigenvalue weighted by Crippen LogP contribution is 2.13. The van der Waals surface area contributed by atoms with Gasteiger partial charge in [0.15, 0.2) is 0 Å². The fourth-order valence-corrected chi connectivity index (χ4v) is 6.19. The summed E-state index contributed by atoms with van der Waals surface area (Å²) in [6, 6.07) is 0.678. The number of carbonyl (C=O) groups is 8. The Morgan fingerprint density at radius 2 is 0.917 bits per heavy atom. The number of rotatable bonds is 25. The molecule has 0 spiro atoms. The second kappa shape index (κ2) is 25.5. The first kappa shape index (κ1) is 52.9. The van der Waals surface area contributed by atoms with Crippen molar-refractivity contribution >= 4 is 47.3 Å². The van der Waals surface area contributed by atoms with Gasteiger partial charge in [0, 0.05) is 6.42 Å². The van der Waals surface area contributed by atoms with E-state index in [4.69, 9.17) is 10.8 Å². The first-order chi connectivity index (χ1) is 27.8. The number of aliphatic carboxylic acids is 1. The van der Waals surface area contributed by atoms with Gasteiger partial charge in [0.1, 0.15) is 42.8 Å². The van der Waals surface area contributed by atoms with Crippen LogP contribution in [0.2, 0.25) is 0 Å². The molecule has 8 atom stereocenters. The molecule has 8 unspecified atom stereocenters. The van der Waals surface area contributed by atoms with Gasteiger partial charge in [-0.05, 0) is 54.9 Å². The number of nitrogens with two attached hydrogens (primary N) is 1. The zero-order valence-corrected chi connectivity index (χ0v) is 37.0. The third-order valence-corrected chi connectivity index (χ3v) is 9.53. The van der Waals surface area contributed by atoms with E-state index >= 15 is 0 Å². The van der Waals surface area contributed by atoms with Crippen molar-refractivity contribution in [2.24, 2.45) is 35.3 Å². The third kappa shape index (κ3) is 18.4. The summed E-state index contributed by atoms with van der Waals surface area (Å²) in [5, 5.41) is 37.6. The molecule has 0 aliphatic carbocycles. The minimum absolute atomic E-state index is 0.104. The van der Waals surface area contributed by atoms with E-state index in [0.717, 1.165) is 5.56 Å². The van der Waals surface area contributed by atoms with E-state index in [-0.39, 0.29) is 24.7 Å². The summed E-state index contributed by atoms with van der Waals surface area (Å²) in [4.78, 5) is 105. The van der Waals surface area contributed by atoms with Gasteiger partial charge in [0.05, 0.1) is 12.1 Å². The first-order valence-corrected chi connectivity index (χ1v) is 20.6. The van der Waals surface area contributed by atoms with Crippen molar-refractivity contribution in [2.45, 2.75) is 144 Å². The maximum Gasteiger partial charge on any atom is 0.322 e. The summed E-state index contributed by atoms with van der Waals surface area (Å²) in [6.45, 7) is 18.0. The van der Waals surface area contributed by atoms with Gasteiger partial charge >= 0.3 is 5.97 Å². The van der Waals surface area contributed by atoms with Gasteiger partial charge in [-0.2, -0.15) is 0 Å². The van der Waals surface area contributed by atoms with Gasteiger partial charge < -0.3 is 53.2 Å². The van der Waals surface area contributed by atoms with Gasteiger partial charge in [-0.25, -0.2) is 0 Å². The van der Waals surface area contributed by atoms with Crippen LogP contribution < -0.4 is 43.0 Å². The van der Waals surface area contributed by atoms with Crippen molar-refractivity contribution < 1.29 is 48.6 Å². The van der Waals surface area contributed by atoms with Crippen LogP contribution in [0.5, 0.6) is 0 Å². The Hall–Kier alpha value is -5.10. The van der Waals surface area contributed by atoms with Gasteiger partial charge in [0.2, 0.25) is 41.4 Å². The zero-order chi connectivity index (χ0) is 46.0. The number of aliphatic hydroxyl groups excluding tert-OH is 1. The molecule has 0 aliphatic heterocycles. The molecule has 0 saturated carbocycles. The maximum absolute atomic E-state index is 13.9. The summed E-state index contributed by atoms with van der Waals surface area (Å²) in [5.41, 5.74) is 6.87. The van der Waals surface area contributed by atoms with Crippen LogP contribution in [0.4, 0.5) is 0 Å². The number of benzene rings is 1. The van der Waals surface area contributed by atoms with Crippen LogP contribution in [0.1, 0.15) is 94.6 Å². The number of aliphatic hydroxyl groups is 1. The Morgan fingerprint density at radius 3 is 1.35 bits per heavy atom. The van der Waals surface area contributed by atoms with Crippen molar-refractivity contribution in [1.82, 2.24) is 37.2 Å². The molecule has 1 rings (SSSR count). The molecule has 338 valence electrons. The van der Waals surface area contributed by atoms with Crippen molar-refractivity contribution in [1.29, 1.82) is 0 Å². The Bertz CT molecular complexity index is 1600. The molecule has 1 aromatic carbocycles. The number of carboxylic acids is 1. The topological polar surface area (TPSA) is 287 Å². The molecule has 18 nitrogen and oxygen atoms in total. The molecular weight excluding hydrogens is 777 g/mol. The van der Waals surface area contributed by atoms with Crippen LogP contribution in [0, 0.1) is 29.6 Å². The lowest BCUT2D eigenvalue weighted by Crippen LogP contribution is -2.63. The van der Waals surface area contributed by atoms with E-state index in [0.29, 0.717) is 6.42 Å². The molecule has 0 radical (unpaired) electrons. The fourth-order valence-electron chi connectivity index (χ4n) is 6.19. The summed E-state index contributed by atoms with van der Waals surface area (Å²) >= 11 is 0. The standard InChI is InChI=1S/C42H70N8O10/c1-21(2)17-28(43)36(54)45-30(19-27-15-13-12-14-16-27)38(56)48-33(24(7)8)40(58)49-34(25(9)10)41(59)50-35(26(11)51)42(60)46-29(18-22(3)4)37(55)47-32(23(5)6)39(57)44-20-31(52)53/h12-16,21-26,28-30,32-35,51H,17-20,43H2,1-11H3,(H,44,57)(H,45,54)(H,46,60)(H,47,55)(H,48,56)(H,49,58)(H,50,59)(H,52,53). The lowest BCUT2D eigenvalue weighted by molar-refractivity contribution is -0.139. The molecule has 0 aromatic heterocycles. The highest BCUT2D eigenvalue weighted by Gasteiger charge is 2.37. The predicted molar refractivity (Wildman–Crippen MR) is 225 cm³/mol. The summed E-state index contributed by atoms with van der Waals surface area (Å²) in [6.07, 6.45) is -0.867. The van der Waals surface area contributed by atoms with Gasteiger partial charge in [0.25, 0.3) is 0 Å². The number of nitrogens with one attached hydrogen (secondary N) is 7. The minimum Gasteiger partial charge on any atom is -0.480 e. The lowest BCUT2D eigenvalue weighted by Gasteiger charge is -2.31. The van der Waals surface area contributed by atoms with Gasteiger partial charge in [-0.3, -0.25) is 38.4 Å². The van der Waals surface area contributed by atoms with Crippen LogP contribution in [0.25, 0.3) is 0 Å². The average Bonchev–Trinajstić information content (AvgIpc) is 3.14. The highest BCUT2D eigenvalue weighted by molar-refractivity contribution is 5.97. The lowest BCUT2D eigenvalue weighted by atomic mass is 9.97. The highest BCUT2D eigenvalue weighted by atomic mass is 16.4. The van der Waals surface area contributed by atoms with Crippen LogP contribution in [0.15, 0.2) is 30.3 Å². The predicted octanol–water partition coefficient (Wildman–Crippen LogP) is 0.107. The molecular formula is C42H70N8O10. The summed E-state index contributed by atoms with van der Waals surface area (Å²) in [5.74, 6) is -7.88. The number of hydrogen-bond donors (Lipinski definition) is 10. The van der Waals surface area contributed by atoms with Crippen LogP contribution in [-0.4, -0.2) is 112 Å². The van der Waals surface area contributed by atoms with Gasteiger partial charge in [-0.1, -0.05) is 99.6 Å². The SMILES string of the molecule is CC(C)CC(N)C(=O)NC(Cc1ccccc1)C(=O)NC(C(=O)NC(C(=O)NC(C(=O)NC(CC(C)C)C(=O)NC(C(=O)NCC(=O)O)C(C)C)C(C)O)C(C)C)C(C)C. The van der Waals surface area contributed by atoms with E-state index in [9.17, 15) is 43.5 Å². The third-order valence-electron chi connectivity index (χ3n) is 9.53. The largest absolute Gasteiger partial charge is 0.480 e. The smallest absolute Gasteiger partial charge is 0.322 e. The Balaban J connectivity index is 3.27. The quantitative estimate of drug-likeness (QED) is 0.0630. The first-order valence-electron chi connectivity index (χ1n) is 20.6. The molecule has 7 amide bonds. The fraction of sp³-hybridized carbons (Fsp3) is 0.667. The molecule has 0 fully saturated rings. The van der Waals surface area contributed by atoms with E-state index in [1.807, 2.05) is 19.9 Å². The number of carboxylic acid groups (broad SMARTS) is 1. The van der Waals surface area contributed by atoms with E-state index in [1.54, 1.807) is 79.7 Å². The zero-order valence-electron chi connectivity index (χ0n) is 37.0. The molecule has 0 aliphatic rings. The second-order valence-corrected chi connectivity index (χ2v) is 17.2. The molecule has 11 N–H and O–H groups in total. The normalized spacial score (nSPS) is 15.5. The van der Waals surface area contributed by atoms with Gasteiger partial charge in [-0.15, -0.1) is 0 Å². The van der Waals surface area contributed by atoms with Crippen LogP contribution >= 0.6 is 0 Å². The Morgan fingerprint density at radius 1 is 0.517 bits per heavy atom. The molecule has 60 heavy (non-hydrogen) atoms. The summed E-state index contributed by atoms with van der Waals surface area (Å²) < 4.78 is 0. The monoisotopic (exact) mass is 847 g/mol. The average molecular weight is 847 g/mol. The molecule has 0 saturated heterocycles. The van der Waals surface area contributed by atoms with Crippen molar-refractivity contribution in [3.05, 3.63) is 35.9 Å². The second-order valence-electron chi connectivity index (χ2n) is 17.2. The number of amides is 7. The number of carbonyl (C=O) groups excluding carboxylic acids is 7.